The Labute approximate surface area is 109 Å². The first-order chi connectivity index (χ1) is 8.52. The number of carbonyl (C=O) groups is 2. The van der Waals surface area contributed by atoms with E-state index in [-0.39, 0.29) is 6.42 Å². The lowest BCUT2D eigenvalue weighted by Gasteiger charge is -2.06. The molecule has 18 heavy (non-hydrogen) atoms. The predicted octanol–water partition coefficient (Wildman–Crippen LogP) is 1.54. The number of nitrogens with one attached hydrogen (secondary N) is 1. The van der Waals surface area contributed by atoms with E-state index in [0.717, 1.165) is 10.4 Å². The summed E-state index contributed by atoms with van der Waals surface area (Å²) < 4.78 is 4.50. The molecule has 0 saturated carbocycles. The molecule has 0 aliphatic heterocycles. The molecule has 2 N–H and O–H groups in total. The molecule has 0 fully saturated rings. The van der Waals surface area contributed by atoms with E-state index in [1.54, 1.807) is 13.0 Å². The Bertz CT molecular complexity index is 464. The van der Waals surface area contributed by atoms with Gasteiger partial charge < -0.3 is 15.2 Å². The number of rotatable bonds is 6. The number of aliphatic carboxylic acids is 1. The van der Waals surface area contributed by atoms with Crippen LogP contribution in [0.1, 0.15) is 17.4 Å². The van der Waals surface area contributed by atoms with E-state index >= 15 is 0 Å². The summed E-state index contributed by atoms with van der Waals surface area (Å²) in [6.45, 7) is 2.25. The van der Waals surface area contributed by atoms with Gasteiger partial charge in [-0.3, -0.25) is 4.79 Å². The van der Waals surface area contributed by atoms with Crippen molar-refractivity contribution < 1.29 is 19.4 Å². The van der Waals surface area contributed by atoms with E-state index in [1.165, 1.54) is 24.5 Å². The third-order valence-electron chi connectivity index (χ3n) is 2.24. The molecule has 1 rings (SSSR count). The highest BCUT2D eigenvalue weighted by atomic mass is 32.1. The minimum Gasteiger partial charge on any atom is -0.481 e. The molecule has 5 nitrogen and oxygen atoms in total. The van der Waals surface area contributed by atoms with Crippen LogP contribution in [-0.4, -0.2) is 24.2 Å². The van der Waals surface area contributed by atoms with Crippen molar-refractivity contribution in [3.05, 3.63) is 33.7 Å². The molecular weight excluding hydrogens is 254 g/mol. The number of carboxylic acids is 1. The van der Waals surface area contributed by atoms with Crippen LogP contribution in [-0.2, 0) is 27.3 Å². The van der Waals surface area contributed by atoms with E-state index in [4.69, 9.17) is 5.11 Å². The SMILES string of the molecule is COC(=O)C=C(C)NCc1sccc1CC(=O)O. The van der Waals surface area contributed by atoms with Gasteiger partial charge in [-0.05, 0) is 23.9 Å². The molecule has 0 aliphatic rings. The number of carboxylic acid groups (broad SMARTS) is 1. The Morgan fingerprint density at radius 1 is 1.56 bits per heavy atom. The molecule has 0 aromatic carbocycles. The van der Waals surface area contributed by atoms with Gasteiger partial charge in [0, 0.05) is 23.2 Å². The molecule has 1 aromatic heterocycles. The van der Waals surface area contributed by atoms with E-state index in [0.29, 0.717) is 12.2 Å². The van der Waals surface area contributed by atoms with Gasteiger partial charge >= 0.3 is 11.9 Å². The summed E-state index contributed by atoms with van der Waals surface area (Å²) in [4.78, 5) is 22.6. The van der Waals surface area contributed by atoms with Gasteiger partial charge in [0.2, 0.25) is 0 Å². The van der Waals surface area contributed by atoms with Crippen molar-refractivity contribution in [2.45, 2.75) is 19.9 Å². The lowest BCUT2D eigenvalue weighted by atomic mass is 10.2. The zero-order chi connectivity index (χ0) is 13.5. The number of ether oxygens (including phenoxy) is 1. The van der Waals surface area contributed by atoms with E-state index in [2.05, 4.69) is 10.1 Å². The molecule has 1 aromatic rings. The highest BCUT2D eigenvalue weighted by molar-refractivity contribution is 7.10. The second-order valence-electron chi connectivity index (χ2n) is 3.64. The van der Waals surface area contributed by atoms with E-state index < -0.39 is 11.9 Å². The molecule has 6 heteroatoms. The maximum atomic E-state index is 11.0. The van der Waals surface area contributed by atoms with Crippen molar-refractivity contribution in [2.75, 3.05) is 7.11 Å². The quantitative estimate of drug-likeness (QED) is 0.605. The van der Waals surface area contributed by atoms with Crippen LogP contribution >= 0.6 is 11.3 Å². The van der Waals surface area contributed by atoms with Crippen LogP contribution in [0, 0.1) is 0 Å². The molecule has 0 atom stereocenters. The topological polar surface area (TPSA) is 75.6 Å². The molecule has 0 aliphatic carbocycles. The highest BCUT2D eigenvalue weighted by Crippen LogP contribution is 2.17. The van der Waals surface area contributed by atoms with Crippen LogP contribution in [0.4, 0.5) is 0 Å². The monoisotopic (exact) mass is 269 g/mol. The molecule has 0 radical (unpaired) electrons. The first kappa shape index (κ1) is 14.2. The fourth-order valence-corrected chi connectivity index (χ4v) is 2.19. The Kier molecular flexibility index (Phi) is 5.38. The molecule has 0 bridgehead atoms. The van der Waals surface area contributed by atoms with Gasteiger partial charge in [-0.25, -0.2) is 4.79 Å². The summed E-state index contributed by atoms with van der Waals surface area (Å²) in [5.74, 6) is -1.27. The lowest BCUT2D eigenvalue weighted by Crippen LogP contribution is -2.13. The largest absolute Gasteiger partial charge is 0.481 e. The lowest BCUT2D eigenvalue weighted by molar-refractivity contribution is -0.136. The first-order valence-corrected chi connectivity index (χ1v) is 6.18. The summed E-state index contributed by atoms with van der Waals surface area (Å²) >= 11 is 1.49. The van der Waals surface area contributed by atoms with Gasteiger partial charge in [-0.15, -0.1) is 11.3 Å². The van der Waals surface area contributed by atoms with Gasteiger partial charge in [0.05, 0.1) is 13.5 Å². The van der Waals surface area contributed by atoms with Gasteiger partial charge in [0.15, 0.2) is 0 Å². The predicted molar refractivity (Wildman–Crippen MR) is 68.3 cm³/mol. The summed E-state index contributed by atoms with van der Waals surface area (Å²) in [5, 5.41) is 13.6. The smallest absolute Gasteiger partial charge is 0.332 e. The summed E-state index contributed by atoms with van der Waals surface area (Å²) in [7, 11) is 1.32. The molecule has 0 amide bonds. The first-order valence-electron chi connectivity index (χ1n) is 5.30. The van der Waals surface area contributed by atoms with Crippen molar-refractivity contribution in [3.8, 4) is 0 Å². The number of hydrogen-bond acceptors (Lipinski definition) is 5. The van der Waals surface area contributed by atoms with Crippen molar-refractivity contribution in [3.63, 3.8) is 0 Å². The second kappa shape index (κ2) is 6.80. The van der Waals surface area contributed by atoms with Crippen LogP contribution in [0.3, 0.4) is 0 Å². The summed E-state index contributed by atoms with van der Waals surface area (Å²) in [6.07, 6.45) is 1.37. The average Bonchev–Trinajstić information content (AvgIpc) is 2.72. The van der Waals surface area contributed by atoms with Gasteiger partial charge in [-0.2, -0.15) is 0 Å². The second-order valence-corrected chi connectivity index (χ2v) is 4.64. The molecule has 1 heterocycles. The summed E-state index contributed by atoms with van der Waals surface area (Å²) in [5.41, 5.74) is 1.47. The van der Waals surface area contributed by atoms with Crippen molar-refractivity contribution in [1.29, 1.82) is 0 Å². The van der Waals surface area contributed by atoms with Crippen molar-refractivity contribution >= 4 is 23.3 Å². The Hall–Kier alpha value is -1.82. The number of allylic oxidation sites excluding steroid dienone is 1. The van der Waals surface area contributed by atoms with Crippen LogP contribution in [0.15, 0.2) is 23.2 Å². The van der Waals surface area contributed by atoms with Crippen LogP contribution in [0.2, 0.25) is 0 Å². The molecule has 0 saturated heterocycles. The summed E-state index contributed by atoms with van der Waals surface area (Å²) in [6, 6.07) is 1.80. The van der Waals surface area contributed by atoms with Gasteiger partial charge in [0.1, 0.15) is 0 Å². The van der Waals surface area contributed by atoms with Crippen molar-refractivity contribution in [2.24, 2.45) is 0 Å². The maximum Gasteiger partial charge on any atom is 0.332 e. The number of carbonyl (C=O) groups excluding carboxylic acids is 1. The molecule has 0 unspecified atom stereocenters. The average molecular weight is 269 g/mol. The van der Waals surface area contributed by atoms with Crippen molar-refractivity contribution in [1.82, 2.24) is 5.32 Å². The minimum atomic E-state index is -0.850. The van der Waals surface area contributed by atoms with Crippen LogP contribution < -0.4 is 5.32 Å². The normalized spacial score (nSPS) is 11.1. The Balaban J connectivity index is 2.58. The van der Waals surface area contributed by atoms with Gasteiger partial charge in [-0.1, -0.05) is 0 Å². The number of esters is 1. The Morgan fingerprint density at radius 2 is 2.28 bits per heavy atom. The minimum absolute atomic E-state index is 0.0142. The van der Waals surface area contributed by atoms with Crippen LogP contribution in [0.5, 0.6) is 0 Å². The Morgan fingerprint density at radius 3 is 2.89 bits per heavy atom. The standard InChI is InChI=1S/C12H15NO4S/c1-8(5-12(16)17-2)13-7-10-9(3-4-18-10)6-11(14)15/h3-5,13H,6-7H2,1-2H3,(H,14,15). The highest BCUT2D eigenvalue weighted by Gasteiger charge is 2.08. The third kappa shape index (κ3) is 4.58. The fourth-order valence-electron chi connectivity index (χ4n) is 1.35. The molecule has 0 spiro atoms. The molecular formula is C12H15NO4S. The maximum absolute atomic E-state index is 11.0. The fraction of sp³-hybridized carbons (Fsp3) is 0.333. The van der Waals surface area contributed by atoms with Crippen LogP contribution in [0.25, 0.3) is 0 Å². The third-order valence-corrected chi connectivity index (χ3v) is 3.21. The van der Waals surface area contributed by atoms with E-state index in [1.807, 2.05) is 5.38 Å². The zero-order valence-electron chi connectivity index (χ0n) is 10.2. The number of thiophene rings is 1. The zero-order valence-corrected chi connectivity index (χ0v) is 11.0. The van der Waals surface area contributed by atoms with E-state index in [9.17, 15) is 9.59 Å². The number of hydrogen-bond donors (Lipinski definition) is 2. The van der Waals surface area contributed by atoms with Gasteiger partial charge in [0.25, 0.3) is 0 Å². The number of methoxy groups -OCH3 is 1. The molecule has 98 valence electrons.